The van der Waals surface area contributed by atoms with E-state index in [0.717, 1.165) is 27.9 Å². The monoisotopic (exact) mass is 269 g/mol. The predicted octanol–water partition coefficient (Wildman–Crippen LogP) is 4.24. The van der Waals surface area contributed by atoms with Crippen LogP contribution in [0.3, 0.4) is 0 Å². The number of fused-ring (bicyclic) bond motifs is 1. The van der Waals surface area contributed by atoms with Crippen LogP contribution in [0.25, 0.3) is 11.0 Å². The van der Waals surface area contributed by atoms with E-state index >= 15 is 0 Å². The molecule has 2 N–H and O–H groups in total. The lowest BCUT2D eigenvalue weighted by molar-refractivity contribution is 0.520. The first-order valence-electron chi connectivity index (χ1n) is 6.57. The number of rotatable bonds is 2. The van der Waals surface area contributed by atoms with Gasteiger partial charge in [0, 0.05) is 10.9 Å². The molecule has 3 rings (SSSR count). The van der Waals surface area contributed by atoms with Crippen LogP contribution < -0.4 is 5.73 Å². The Labute approximate surface area is 117 Å². The van der Waals surface area contributed by atoms with Crippen molar-refractivity contribution in [3.05, 3.63) is 70.7 Å². The van der Waals surface area contributed by atoms with Crippen LogP contribution >= 0.6 is 0 Å². The lowest BCUT2D eigenvalue weighted by Crippen LogP contribution is -2.12. The van der Waals surface area contributed by atoms with Gasteiger partial charge in [0.25, 0.3) is 0 Å². The van der Waals surface area contributed by atoms with E-state index in [-0.39, 0.29) is 11.9 Å². The molecule has 2 nitrogen and oxygen atoms in total. The van der Waals surface area contributed by atoms with Crippen molar-refractivity contribution in [2.24, 2.45) is 5.73 Å². The fourth-order valence-corrected chi connectivity index (χ4v) is 2.47. The molecule has 1 atom stereocenters. The highest BCUT2D eigenvalue weighted by Gasteiger charge is 2.18. The van der Waals surface area contributed by atoms with Gasteiger partial charge in [0.05, 0.1) is 6.04 Å². The molecule has 0 saturated heterocycles. The Bertz CT molecular complexity index is 759. The second-order valence-corrected chi connectivity index (χ2v) is 5.12. The van der Waals surface area contributed by atoms with Gasteiger partial charge in [-0.25, -0.2) is 4.39 Å². The third-order valence-corrected chi connectivity index (χ3v) is 3.64. The highest BCUT2D eigenvalue weighted by Crippen LogP contribution is 2.32. The molecular weight excluding hydrogens is 253 g/mol. The normalized spacial score (nSPS) is 12.8. The van der Waals surface area contributed by atoms with E-state index in [9.17, 15) is 4.39 Å². The summed E-state index contributed by atoms with van der Waals surface area (Å²) in [5.41, 5.74) is 10.2. The SMILES string of the molecule is Cc1ccc2oc(C(N)c3ccc(F)cc3)c(C)c2c1. The fourth-order valence-electron chi connectivity index (χ4n) is 2.47. The predicted molar refractivity (Wildman–Crippen MR) is 78.1 cm³/mol. The summed E-state index contributed by atoms with van der Waals surface area (Å²) in [5.74, 6) is 0.468. The average Bonchev–Trinajstić information content (AvgIpc) is 2.76. The number of furan rings is 1. The summed E-state index contributed by atoms with van der Waals surface area (Å²) >= 11 is 0. The molecule has 1 heterocycles. The molecular formula is C17H16FNO. The summed E-state index contributed by atoms with van der Waals surface area (Å²) < 4.78 is 18.9. The highest BCUT2D eigenvalue weighted by atomic mass is 19.1. The fraction of sp³-hybridized carbons (Fsp3) is 0.176. The van der Waals surface area contributed by atoms with Crippen LogP contribution in [0.15, 0.2) is 46.9 Å². The molecule has 1 unspecified atom stereocenters. The molecule has 0 aliphatic rings. The van der Waals surface area contributed by atoms with Gasteiger partial charge >= 0.3 is 0 Å². The number of benzene rings is 2. The van der Waals surface area contributed by atoms with Gasteiger partial charge in [-0.15, -0.1) is 0 Å². The molecule has 3 aromatic rings. The Kier molecular flexibility index (Phi) is 3.07. The summed E-state index contributed by atoms with van der Waals surface area (Å²) in [7, 11) is 0. The van der Waals surface area contributed by atoms with Crippen LogP contribution in [0.2, 0.25) is 0 Å². The van der Waals surface area contributed by atoms with Crippen LogP contribution in [-0.4, -0.2) is 0 Å². The molecule has 0 bridgehead atoms. The highest BCUT2D eigenvalue weighted by molar-refractivity contribution is 5.83. The zero-order valence-electron chi connectivity index (χ0n) is 11.5. The summed E-state index contributed by atoms with van der Waals surface area (Å²) in [5, 5.41) is 1.08. The molecule has 20 heavy (non-hydrogen) atoms. The number of nitrogens with two attached hydrogens (primary N) is 1. The maximum atomic E-state index is 13.0. The summed E-state index contributed by atoms with van der Waals surface area (Å²) in [6.45, 7) is 4.05. The largest absolute Gasteiger partial charge is 0.459 e. The minimum absolute atomic E-state index is 0.266. The van der Waals surface area contributed by atoms with Crippen molar-refractivity contribution in [3.8, 4) is 0 Å². The molecule has 102 valence electrons. The number of aryl methyl sites for hydroxylation is 2. The van der Waals surface area contributed by atoms with Crippen molar-refractivity contribution >= 4 is 11.0 Å². The van der Waals surface area contributed by atoms with E-state index in [4.69, 9.17) is 10.2 Å². The molecule has 0 spiro atoms. The first kappa shape index (κ1) is 12.9. The van der Waals surface area contributed by atoms with Crippen molar-refractivity contribution in [3.63, 3.8) is 0 Å². The standard InChI is InChI=1S/C17H16FNO/c1-10-3-8-15-14(9-10)11(2)17(20-15)16(19)12-4-6-13(18)7-5-12/h3-9,16H,19H2,1-2H3. The minimum atomic E-state index is -0.386. The molecule has 0 saturated carbocycles. The van der Waals surface area contributed by atoms with Gasteiger partial charge in [-0.2, -0.15) is 0 Å². The minimum Gasteiger partial charge on any atom is -0.459 e. The molecule has 0 aliphatic carbocycles. The first-order chi connectivity index (χ1) is 9.56. The zero-order chi connectivity index (χ0) is 14.3. The maximum Gasteiger partial charge on any atom is 0.134 e. The van der Waals surface area contributed by atoms with E-state index < -0.39 is 0 Å². The molecule has 0 fully saturated rings. The van der Waals surface area contributed by atoms with Crippen molar-refractivity contribution < 1.29 is 8.81 Å². The smallest absolute Gasteiger partial charge is 0.134 e. The van der Waals surface area contributed by atoms with E-state index in [1.807, 2.05) is 26.0 Å². The van der Waals surface area contributed by atoms with E-state index in [1.165, 1.54) is 17.7 Å². The Hall–Kier alpha value is -2.13. The summed E-state index contributed by atoms with van der Waals surface area (Å²) in [6.07, 6.45) is 0. The van der Waals surface area contributed by atoms with Crippen LogP contribution in [0.4, 0.5) is 4.39 Å². The van der Waals surface area contributed by atoms with Gasteiger partial charge in [-0.05, 0) is 43.7 Å². The second-order valence-electron chi connectivity index (χ2n) is 5.12. The van der Waals surface area contributed by atoms with Crippen LogP contribution in [0, 0.1) is 19.7 Å². The van der Waals surface area contributed by atoms with Gasteiger partial charge in [0.15, 0.2) is 0 Å². The average molecular weight is 269 g/mol. The van der Waals surface area contributed by atoms with Crippen LogP contribution in [0.1, 0.15) is 28.5 Å². The molecule has 2 aromatic carbocycles. The van der Waals surface area contributed by atoms with Crippen molar-refractivity contribution in [2.75, 3.05) is 0 Å². The van der Waals surface area contributed by atoms with Gasteiger partial charge in [0.1, 0.15) is 17.2 Å². The molecule has 1 aromatic heterocycles. The first-order valence-corrected chi connectivity index (χ1v) is 6.57. The van der Waals surface area contributed by atoms with Gasteiger partial charge in [-0.1, -0.05) is 23.8 Å². The number of hydrogen-bond donors (Lipinski definition) is 1. The lowest BCUT2D eigenvalue weighted by Gasteiger charge is -2.10. The Morgan fingerprint density at radius 3 is 2.45 bits per heavy atom. The van der Waals surface area contributed by atoms with Gasteiger partial charge < -0.3 is 10.2 Å². The van der Waals surface area contributed by atoms with Gasteiger partial charge in [0.2, 0.25) is 0 Å². The number of halogens is 1. The zero-order valence-corrected chi connectivity index (χ0v) is 11.5. The Morgan fingerprint density at radius 2 is 1.75 bits per heavy atom. The van der Waals surface area contributed by atoms with Crippen molar-refractivity contribution in [1.29, 1.82) is 0 Å². The topological polar surface area (TPSA) is 39.2 Å². The van der Waals surface area contributed by atoms with E-state index in [0.29, 0.717) is 0 Å². The third kappa shape index (κ3) is 2.10. The Morgan fingerprint density at radius 1 is 1.05 bits per heavy atom. The van der Waals surface area contributed by atoms with E-state index in [1.54, 1.807) is 12.1 Å². The maximum absolute atomic E-state index is 13.0. The molecule has 3 heteroatoms. The molecule has 0 aliphatic heterocycles. The molecule has 0 amide bonds. The lowest BCUT2D eigenvalue weighted by atomic mass is 10.0. The van der Waals surface area contributed by atoms with Crippen LogP contribution in [0.5, 0.6) is 0 Å². The Balaban J connectivity index is 2.09. The third-order valence-electron chi connectivity index (χ3n) is 3.64. The van der Waals surface area contributed by atoms with Gasteiger partial charge in [-0.3, -0.25) is 0 Å². The summed E-state index contributed by atoms with van der Waals surface area (Å²) in [6, 6.07) is 11.9. The van der Waals surface area contributed by atoms with Crippen molar-refractivity contribution in [1.82, 2.24) is 0 Å². The van der Waals surface area contributed by atoms with Crippen molar-refractivity contribution in [2.45, 2.75) is 19.9 Å². The molecule has 0 radical (unpaired) electrons. The van der Waals surface area contributed by atoms with E-state index in [2.05, 4.69) is 6.07 Å². The second kappa shape index (κ2) is 4.76. The quantitative estimate of drug-likeness (QED) is 0.756. The van der Waals surface area contributed by atoms with Crippen LogP contribution in [-0.2, 0) is 0 Å². The summed E-state index contributed by atoms with van der Waals surface area (Å²) in [4.78, 5) is 0. The number of hydrogen-bond acceptors (Lipinski definition) is 2.